The molecule has 0 aliphatic rings. The van der Waals surface area contributed by atoms with E-state index < -0.39 is 179 Å². The molecule has 0 radical (unpaired) electrons. The van der Waals surface area contributed by atoms with E-state index in [2.05, 4.69) is 160 Å². The van der Waals surface area contributed by atoms with Crippen LogP contribution in [0, 0.1) is 0 Å². The maximum absolute atomic E-state index is 9.46. The molecule has 15 heteroatoms. The minimum absolute atomic E-state index is 0.00860. The second-order valence-electron chi connectivity index (χ2n) is 30.8. The van der Waals surface area contributed by atoms with Crippen molar-refractivity contribution >= 4 is 160 Å². The quantitative estimate of drug-likeness (QED) is 0.117. The summed E-state index contributed by atoms with van der Waals surface area (Å²) in [5, 5.41) is 13.3. The van der Waals surface area contributed by atoms with Crippen molar-refractivity contribution in [3.8, 4) is 120 Å². The van der Waals surface area contributed by atoms with Crippen LogP contribution in [0.3, 0.4) is 0 Å². The summed E-state index contributed by atoms with van der Waals surface area (Å²) < 4.78 is 218. The summed E-state index contributed by atoms with van der Waals surface area (Å²) in [6.45, 7) is 0. The third-order valence-electron chi connectivity index (χ3n) is 23.2. The molecule has 0 amide bonds. The lowest BCUT2D eigenvalue weighted by Gasteiger charge is -2.11. The molecule has 9 aromatic heterocycles. The van der Waals surface area contributed by atoms with Crippen LogP contribution in [0.25, 0.3) is 245 Å². The molecule has 0 aliphatic heterocycles. The highest BCUT2D eigenvalue weighted by atomic mass is 32.1. The van der Waals surface area contributed by atoms with Gasteiger partial charge in [-0.05, 0) is 109 Å². The van der Waals surface area contributed by atoms with E-state index >= 15 is 0 Å². The zero-order chi connectivity index (χ0) is 108. The van der Waals surface area contributed by atoms with Gasteiger partial charge in [-0.2, -0.15) is 0 Å². The molecule has 0 atom stereocenters. The molecule has 0 saturated heterocycles. The van der Waals surface area contributed by atoms with Gasteiger partial charge in [0.2, 0.25) is 0 Å². The van der Waals surface area contributed by atoms with Crippen molar-refractivity contribution in [2.75, 3.05) is 0 Å². The van der Waals surface area contributed by atoms with E-state index in [4.69, 9.17) is 42.4 Å². The molecular formula is C117H72N12S3. The Morgan fingerprint density at radius 2 is 0.394 bits per heavy atom. The summed E-state index contributed by atoms with van der Waals surface area (Å²) in [4.78, 5) is 41.2. The molecule has 0 unspecified atom stereocenters. The second-order valence-corrected chi connectivity index (χ2v) is 34.0. The van der Waals surface area contributed by atoms with E-state index in [1.54, 1.807) is 39.4 Å². The van der Waals surface area contributed by atoms with E-state index in [0.29, 0.717) is 34.1 Å². The van der Waals surface area contributed by atoms with E-state index in [9.17, 15) is 5.48 Å². The third kappa shape index (κ3) is 13.7. The molecule has 132 heavy (non-hydrogen) atoms. The Balaban J connectivity index is 0.000000121. The molecule has 0 aliphatic carbocycles. The molecule has 9 heterocycles. The van der Waals surface area contributed by atoms with Crippen molar-refractivity contribution in [1.29, 1.82) is 0 Å². The van der Waals surface area contributed by atoms with Crippen LogP contribution < -0.4 is 0 Å². The zero-order valence-corrected chi connectivity index (χ0v) is 71.3. The molecular weight excluding hydrogens is 1670 g/mol. The molecule has 12 nitrogen and oxygen atoms in total. The standard InChI is InChI=1S/3C39H24N4S/c3*1-3-11-25(12-4-1)37-40-38(26-13-5-2-6-14-26)42-39(41-37)27-19-21-28(22-20-27)43-33-17-9-7-15-29(33)31-23-24-32-30-16-8-10-18-34(30)44-36(32)35(31)43/h3*1-24H/i1D,2D,3D,4D,5D,6D,11D,12D,13D,14D,19D,20D,21D,22D;1D,2D,3D,4D,5D,6D,11D,12D,13D,14D;. The van der Waals surface area contributed by atoms with Gasteiger partial charge in [0.25, 0.3) is 0 Å². The van der Waals surface area contributed by atoms with Crippen LogP contribution in [0.2, 0.25) is 0 Å². The fourth-order valence-corrected chi connectivity index (χ4v) is 21.1. The average Bonchev–Trinajstić information content (AvgIpc) is 1.55. The zero-order valence-electron chi connectivity index (χ0n) is 92.8. The second kappa shape index (κ2) is 32.7. The van der Waals surface area contributed by atoms with E-state index in [0.717, 1.165) is 90.9 Å². The van der Waals surface area contributed by atoms with Crippen LogP contribution in [0.1, 0.15) is 32.9 Å². The Morgan fingerprint density at radius 1 is 0.167 bits per heavy atom. The van der Waals surface area contributed by atoms with Crippen molar-refractivity contribution in [3.63, 3.8) is 0 Å². The average molecular weight is 1770 g/mol. The molecule has 0 bridgehead atoms. The Kier molecular flexibility index (Phi) is 14.0. The maximum atomic E-state index is 9.46. The van der Waals surface area contributed by atoms with Crippen molar-refractivity contribution in [2.24, 2.45) is 0 Å². The van der Waals surface area contributed by atoms with Crippen molar-refractivity contribution < 1.29 is 32.9 Å². The van der Waals surface area contributed by atoms with Gasteiger partial charge in [0.1, 0.15) is 0 Å². The number of hydrogen-bond donors (Lipinski definition) is 0. The van der Waals surface area contributed by atoms with Gasteiger partial charge >= 0.3 is 0 Å². The molecule has 27 rings (SSSR count). The fourth-order valence-electron chi connectivity index (χ4n) is 17.3. The Labute approximate surface area is 802 Å². The predicted molar refractivity (Wildman–Crippen MR) is 550 cm³/mol. The van der Waals surface area contributed by atoms with Crippen LogP contribution in [0.4, 0.5) is 0 Å². The number of benzene rings is 18. The van der Waals surface area contributed by atoms with Crippen LogP contribution >= 0.6 is 34.0 Å². The van der Waals surface area contributed by atoms with Gasteiger partial charge in [-0.25, -0.2) is 44.9 Å². The topological polar surface area (TPSA) is 131 Å². The number of aromatic nitrogens is 12. The summed E-state index contributed by atoms with van der Waals surface area (Å²) in [6.07, 6.45) is 0. The summed E-state index contributed by atoms with van der Waals surface area (Å²) >= 11 is 5.15. The molecule has 618 valence electrons. The lowest BCUT2D eigenvalue weighted by Crippen LogP contribution is -2.00. The van der Waals surface area contributed by atoms with Crippen LogP contribution in [0.5, 0.6) is 0 Å². The number of rotatable bonds is 12. The third-order valence-corrected chi connectivity index (χ3v) is 26.8. The predicted octanol–water partition coefficient (Wildman–Crippen LogP) is 31.0. The van der Waals surface area contributed by atoms with Crippen molar-refractivity contribution in [3.05, 3.63) is 436 Å². The molecule has 0 N–H and O–H groups in total. The van der Waals surface area contributed by atoms with Crippen LogP contribution in [0.15, 0.2) is 436 Å². The Morgan fingerprint density at radius 3 is 0.689 bits per heavy atom. The van der Waals surface area contributed by atoms with Gasteiger partial charge in [-0.1, -0.05) is 327 Å². The Hall–Kier alpha value is -17.0. The van der Waals surface area contributed by atoms with Crippen molar-refractivity contribution in [1.82, 2.24) is 58.6 Å². The molecule has 0 fully saturated rings. The molecule has 27 aromatic rings. The minimum atomic E-state index is -0.727. The number of thiophene rings is 3. The molecule has 18 aromatic carbocycles. The highest BCUT2D eigenvalue weighted by Gasteiger charge is 2.25. The van der Waals surface area contributed by atoms with Crippen LogP contribution in [-0.2, 0) is 0 Å². The van der Waals surface area contributed by atoms with Crippen LogP contribution in [-0.4, -0.2) is 58.6 Å². The summed E-state index contributed by atoms with van der Waals surface area (Å²) in [7, 11) is 0. The first-order valence-corrected chi connectivity index (χ1v) is 44.4. The fraction of sp³-hybridized carbons (Fsp3) is 0. The normalized spacial score (nSPS) is 14.2. The number of hydrogen-bond acceptors (Lipinski definition) is 12. The first kappa shape index (κ1) is 56.3. The van der Waals surface area contributed by atoms with Gasteiger partial charge in [0, 0.05) is 146 Å². The first-order chi connectivity index (χ1) is 75.4. The van der Waals surface area contributed by atoms with E-state index in [-0.39, 0.29) is 34.3 Å². The van der Waals surface area contributed by atoms with Crippen molar-refractivity contribution in [2.45, 2.75) is 0 Å². The Bertz CT molecular complexity index is 10400. The molecule has 0 saturated carbocycles. The smallest absolute Gasteiger partial charge is 0.164 e. The lowest BCUT2D eigenvalue weighted by molar-refractivity contribution is 1.07. The van der Waals surface area contributed by atoms with Gasteiger partial charge < -0.3 is 13.7 Å². The SMILES string of the molecule is [2H]c1c([2H])c([2H])c(-c2nc(-c3c([2H])c([2H])c([2H])c([2H])c3[2H])nc(-c3c([2H])c([2H])c(-n4c5ccccc5c5ccc6c7ccccc7sc6c54)c([2H])c3[2H])n2)c([2H])c1[2H].[2H]c1c([2H])c([2H])c(-c2nc(-c3ccc(-n4c5ccccc5c5ccc6c7ccccc7sc6c54)cc3)nc(-c3c([2H])c([2H])c([2H])c([2H])c3[2H])n2)c([2H])c1[2H].c1ccc(-c2nc(-c3ccccc3)nc(-c3ccc(-n4c5ccccc5c5ccc6c7ccccc7sc6c54)cc3)n2)cc1. The maximum Gasteiger partial charge on any atom is 0.164 e. The highest BCUT2D eigenvalue weighted by Crippen LogP contribution is 2.48. The van der Waals surface area contributed by atoms with Gasteiger partial charge in [-0.3, -0.25) is 0 Å². The minimum Gasteiger partial charge on any atom is -0.308 e. The molecule has 0 spiro atoms. The number of nitrogens with zero attached hydrogens (tertiary/aromatic N) is 12. The monoisotopic (exact) mass is 1760 g/mol. The summed E-state index contributed by atoms with van der Waals surface area (Å²) in [5.74, 6) is -0.362. The van der Waals surface area contributed by atoms with E-state index in [1.165, 1.54) is 52.1 Å². The van der Waals surface area contributed by atoms with Gasteiger partial charge in [-0.15, -0.1) is 34.0 Å². The summed E-state index contributed by atoms with van der Waals surface area (Å²) in [6, 6.07) is 83.2. The lowest BCUT2D eigenvalue weighted by atomic mass is 10.1. The van der Waals surface area contributed by atoms with Gasteiger partial charge in [0.05, 0.1) is 80.1 Å². The number of fused-ring (bicyclic) bond motifs is 21. The van der Waals surface area contributed by atoms with E-state index in [1.807, 2.05) is 169 Å². The summed E-state index contributed by atoms with van der Waals surface area (Å²) in [5.41, 5.74) is 8.90. The first-order valence-electron chi connectivity index (χ1n) is 53.9. The van der Waals surface area contributed by atoms with Gasteiger partial charge in [0.15, 0.2) is 52.4 Å². The largest absolute Gasteiger partial charge is 0.308 e. The number of para-hydroxylation sites is 3. The highest BCUT2D eigenvalue weighted by molar-refractivity contribution is 7.27.